The summed E-state index contributed by atoms with van der Waals surface area (Å²) in [5.41, 5.74) is 7.23. The maximum atomic E-state index is 6.12. The van der Waals surface area contributed by atoms with Gasteiger partial charge in [-0.05, 0) is 33.1 Å². The average Bonchev–Trinajstić information content (AvgIpc) is 2.75. The monoisotopic (exact) mass is 237 g/mol. The van der Waals surface area contributed by atoms with Crippen molar-refractivity contribution in [2.75, 3.05) is 6.61 Å². The fourth-order valence-corrected chi connectivity index (χ4v) is 2.55. The van der Waals surface area contributed by atoms with Crippen molar-refractivity contribution >= 4 is 0 Å². The van der Waals surface area contributed by atoms with Crippen molar-refractivity contribution in [3.05, 3.63) is 18.2 Å². The Bertz CT molecular complexity index is 372. The van der Waals surface area contributed by atoms with Crippen LogP contribution >= 0.6 is 0 Å². The first-order chi connectivity index (χ1) is 8.03. The molecule has 0 aliphatic carbocycles. The van der Waals surface area contributed by atoms with Crippen LogP contribution < -0.4 is 5.73 Å². The van der Waals surface area contributed by atoms with Gasteiger partial charge in [-0.25, -0.2) is 4.98 Å². The lowest BCUT2D eigenvalue weighted by Crippen LogP contribution is -2.35. The SMILES string of the molecule is CC[C@@H](N)c1cncn1C1CCOC(C)(C)C1. The molecule has 0 aromatic carbocycles. The van der Waals surface area contributed by atoms with E-state index in [0.717, 1.165) is 31.6 Å². The Kier molecular flexibility index (Phi) is 3.54. The van der Waals surface area contributed by atoms with Crippen molar-refractivity contribution in [2.45, 2.75) is 57.7 Å². The Morgan fingerprint density at radius 2 is 2.41 bits per heavy atom. The van der Waals surface area contributed by atoms with Gasteiger partial charge in [0.15, 0.2) is 0 Å². The molecule has 2 heterocycles. The molecule has 0 bridgehead atoms. The highest BCUT2D eigenvalue weighted by Crippen LogP contribution is 2.33. The first-order valence-corrected chi connectivity index (χ1v) is 6.45. The predicted octanol–water partition coefficient (Wildman–Crippen LogP) is 2.42. The molecule has 96 valence electrons. The van der Waals surface area contributed by atoms with Crippen LogP contribution in [0.4, 0.5) is 0 Å². The lowest BCUT2D eigenvalue weighted by atomic mass is 9.93. The molecule has 2 rings (SSSR count). The number of imidazole rings is 1. The van der Waals surface area contributed by atoms with Crippen LogP contribution in [0, 0.1) is 0 Å². The first-order valence-electron chi connectivity index (χ1n) is 6.45. The molecule has 4 nitrogen and oxygen atoms in total. The summed E-state index contributed by atoms with van der Waals surface area (Å²) < 4.78 is 8.00. The molecule has 1 saturated heterocycles. The van der Waals surface area contributed by atoms with E-state index >= 15 is 0 Å². The van der Waals surface area contributed by atoms with Gasteiger partial charge in [-0.15, -0.1) is 0 Å². The van der Waals surface area contributed by atoms with Gasteiger partial charge in [-0.1, -0.05) is 6.92 Å². The quantitative estimate of drug-likeness (QED) is 0.878. The van der Waals surface area contributed by atoms with Crippen LogP contribution in [0.2, 0.25) is 0 Å². The molecule has 1 unspecified atom stereocenters. The topological polar surface area (TPSA) is 53.1 Å². The third kappa shape index (κ3) is 2.69. The first kappa shape index (κ1) is 12.6. The second kappa shape index (κ2) is 4.78. The molecule has 0 amide bonds. The molecule has 0 spiro atoms. The molecule has 4 heteroatoms. The van der Waals surface area contributed by atoms with Gasteiger partial charge in [0.1, 0.15) is 0 Å². The Morgan fingerprint density at radius 3 is 3.06 bits per heavy atom. The Morgan fingerprint density at radius 1 is 1.65 bits per heavy atom. The van der Waals surface area contributed by atoms with E-state index in [4.69, 9.17) is 10.5 Å². The zero-order chi connectivity index (χ0) is 12.5. The highest BCUT2D eigenvalue weighted by Gasteiger charge is 2.30. The minimum absolute atomic E-state index is 0.0409. The highest BCUT2D eigenvalue weighted by molar-refractivity contribution is 5.06. The van der Waals surface area contributed by atoms with Crippen LogP contribution in [0.1, 0.15) is 57.8 Å². The second-order valence-corrected chi connectivity index (χ2v) is 5.50. The van der Waals surface area contributed by atoms with E-state index in [9.17, 15) is 0 Å². The molecule has 1 aliphatic heterocycles. The second-order valence-electron chi connectivity index (χ2n) is 5.50. The number of aromatic nitrogens is 2. The van der Waals surface area contributed by atoms with Crippen LogP contribution in [0.25, 0.3) is 0 Å². The maximum absolute atomic E-state index is 6.12. The van der Waals surface area contributed by atoms with E-state index < -0.39 is 0 Å². The zero-order valence-corrected chi connectivity index (χ0v) is 11.0. The van der Waals surface area contributed by atoms with Crippen LogP contribution in [-0.4, -0.2) is 21.8 Å². The van der Waals surface area contributed by atoms with Gasteiger partial charge in [0.05, 0.1) is 17.6 Å². The summed E-state index contributed by atoms with van der Waals surface area (Å²) in [6.45, 7) is 7.22. The summed E-state index contributed by atoms with van der Waals surface area (Å²) in [4.78, 5) is 4.26. The summed E-state index contributed by atoms with van der Waals surface area (Å²) in [6.07, 6.45) is 6.82. The van der Waals surface area contributed by atoms with Crippen molar-refractivity contribution in [1.29, 1.82) is 0 Å². The number of ether oxygens (including phenoxy) is 1. The van der Waals surface area contributed by atoms with Crippen LogP contribution in [0.15, 0.2) is 12.5 Å². The Hall–Kier alpha value is -0.870. The minimum atomic E-state index is -0.0409. The highest BCUT2D eigenvalue weighted by atomic mass is 16.5. The van der Waals surface area contributed by atoms with Gasteiger partial charge < -0.3 is 15.0 Å². The number of nitrogens with zero attached hydrogens (tertiary/aromatic N) is 2. The van der Waals surface area contributed by atoms with Crippen LogP contribution in [0.5, 0.6) is 0 Å². The van der Waals surface area contributed by atoms with Gasteiger partial charge in [0.25, 0.3) is 0 Å². The van der Waals surface area contributed by atoms with Gasteiger partial charge in [-0.3, -0.25) is 0 Å². The van der Waals surface area contributed by atoms with E-state index in [-0.39, 0.29) is 11.6 Å². The number of hydrogen-bond donors (Lipinski definition) is 1. The summed E-state index contributed by atoms with van der Waals surface area (Å²) in [6, 6.07) is 0.553. The molecule has 1 aliphatic rings. The number of rotatable bonds is 3. The smallest absolute Gasteiger partial charge is 0.0951 e. The van der Waals surface area contributed by atoms with Crippen LogP contribution in [-0.2, 0) is 4.74 Å². The number of hydrogen-bond acceptors (Lipinski definition) is 3. The zero-order valence-electron chi connectivity index (χ0n) is 11.0. The summed E-state index contributed by atoms with van der Waals surface area (Å²) in [7, 11) is 0. The molecule has 1 aromatic heterocycles. The summed E-state index contributed by atoms with van der Waals surface area (Å²) in [5, 5.41) is 0. The average molecular weight is 237 g/mol. The largest absolute Gasteiger partial charge is 0.375 e. The van der Waals surface area contributed by atoms with Crippen molar-refractivity contribution in [1.82, 2.24) is 9.55 Å². The third-order valence-corrected chi connectivity index (χ3v) is 3.58. The Balaban J connectivity index is 2.19. The van der Waals surface area contributed by atoms with E-state index in [0.29, 0.717) is 6.04 Å². The van der Waals surface area contributed by atoms with Crippen molar-refractivity contribution in [3.8, 4) is 0 Å². The predicted molar refractivity (Wildman–Crippen MR) is 67.7 cm³/mol. The van der Waals surface area contributed by atoms with Crippen molar-refractivity contribution in [3.63, 3.8) is 0 Å². The molecule has 17 heavy (non-hydrogen) atoms. The van der Waals surface area contributed by atoms with E-state index in [1.165, 1.54) is 0 Å². The molecule has 0 radical (unpaired) electrons. The fourth-order valence-electron chi connectivity index (χ4n) is 2.55. The van der Waals surface area contributed by atoms with E-state index in [2.05, 4.69) is 30.3 Å². The molecule has 0 saturated carbocycles. The van der Waals surface area contributed by atoms with Gasteiger partial charge in [-0.2, -0.15) is 0 Å². The molecule has 2 N–H and O–H groups in total. The molecule has 1 aromatic rings. The Labute approximate surface area is 103 Å². The standard InChI is InChI=1S/C13H23N3O/c1-4-11(14)12-8-15-9-16(12)10-5-6-17-13(2,3)7-10/h8-11H,4-7,14H2,1-3H3/t10?,11-/m1/s1. The number of nitrogens with two attached hydrogens (primary N) is 1. The van der Waals surface area contributed by atoms with E-state index in [1.54, 1.807) is 0 Å². The van der Waals surface area contributed by atoms with Crippen molar-refractivity contribution in [2.24, 2.45) is 5.73 Å². The molecular weight excluding hydrogens is 214 g/mol. The van der Waals surface area contributed by atoms with E-state index in [1.807, 2.05) is 12.5 Å². The minimum Gasteiger partial charge on any atom is -0.375 e. The lowest BCUT2D eigenvalue weighted by Gasteiger charge is -2.37. The van der Waals surface area contributed by atoms with Gasteiger partial charge in [0.2, 0.25) is 0 Å². The van der Waals surface area contributed by atoms with Crippen LogP contribution in [0.3, 0.4) is 0 Å². The normalized spacial score (nSPS) is 25.8. The lowest BCUT2D eigenvalue weighted by molar-refractivity contribution is -0.0695. The van der Waals surface area contributed by atoms with Gasteiger partial charge in [0, 0.05) is 24.9 Å². The summed E-state index contributed by atoms with van der Waals surface area (Å²) in [5.74, 6) is 0. The van der Waals surface area contributed by atoms with Gasteiger partial charge >= 0.3 is 0 Å². The fraction of sp³-hybridized carbons (Fsp3) is 0.769. The molecule has 2 atom stereocenters. The summed E-state index contributed by atoms with van der Waals surface area (Å²) >= 11 is 0. The third-order valence-electron chi connectivity index (χ3n) is 3.58. The molecule has 1 fully saturated rings. The van der Waals surface area contributed by atoms with Crippen molar-refractivity contribution < 1.29 is 4.74 Å². The molecular formula is C13H23N3O. The maximum Gasteiger partial charge on any atom is 0.0951 e.